The molecule has 1 atom stereocenters. The van der Waals surface area contributed by atoms with Gasteiger partial charge in [0.1, 0.15) is 13.2 Å². The van der Waals surface area contributed by atoms with E-state index < -0.39 is 6.10 Å². The fourth-order valence-corrected chi connectivity index (χ4v) is 9.74. The molecule has 0 heterocycles. The SMILES string of the molecule is CC/C=C\C/C=C\C/C=C\C/C=C\C/C=C\C/C=C\C/C=C\C/C=C\C/C=C\CCCC(=O)OCC(COC(=O)CCCCCCCCCCCCCCCCCCC)OC(=O)CCCCCCCCCCC/C=C\CCCCCCCC. The van der Waals surface area contributed by atoms with E-state index in [1.54, 1.807) is 0 Å². The molecule has 0 spiro atoms. The van der Waals surface area contributed by atoms with Crippen molar-refractivity contribution in [1.82, 2.24) is 0 Å². The number of ether oxygens (including phenoxy) is 3. The van der Waals surface area contributed by atoms with Gasteiger partial charge < -0.3 is 14.2 Å². The number of carbonyl (C=O) groups is 3. The predicted molar refractivity (Wildman–Crippen MR) is 362 cm³/mol. The molecule has 0 aliphatic rings. The first-order valence-electron chi connectivity index (χ1n) is 35.0. The predicted octanol–water partition coefficient (Wildman–Crippen LogP) is 24.3. The maximum Gasteiger partial charge on any atom is 0.306 e. The molecule has 0 aliphatic heterocycles. The van der Waals surface area contributed by atoms with Crippen molar-refractivity contribution in [1.29, 1.82) is 0 Å². The summed E-state index contributed by atoms with van der Waals surface area (Å²) in [6.07, 6.45) is 97.9. The minimum atomic E-state index is -0.806. The van der Waals surface area contributed by atoms with Crippen LogP contribution in [0.5, 0.6) is 0 Å². The van der Waals surface area contributed by atoms with Crippen molar-refractivity contribution in [3.63, 3.8) is 0 Å². The normalized spacial score (nSPS) is 12.9. The summed E-state index contributed by atoms with van der Waals surface area (Å²) in [5.41, 5.74) is 0. The van der Waals surface area contributed by atoms with E-state index in [0.29, 0.717) is 19.3 Å². The van der Waals surface area contributed by atoms with Gasteiger partial charge in [-0.15, -0.1) is 0 Å². The summed E-state index contributed by atoms with van der Waals surface area (Å²) in [5, 5.41) is 0. The van der Waals surface area contributed by atoms with Gasteiger partial charge in [0, 0.05) is 19.3 Å². The standard InChI is InChI=1S/C77H130O6/c1-4-7-10-13-16-19-22-25-28-31-33-34-35-36-37-38-39-40-41-42-44-46-49-52-55-58-61-64-67-70-76(79)82-73-74(72-81-75(78)69-66-63-60-57-54-51-48-45-30-27-24-21-18-15-12-9-6-3)83-77(80)71-68-65-62-59-56-53-50-47-43-32-29-26-23-20-17-14-11-8-5-2/h7,10,16,19,25-26,28-29,33-34,36-37,39-40,42,44,49,52,58,61,74H,4-6,8-9,11-15,17-18,20-24,27,30-32,35,38,41,43,45-48,50-51,53-57,59-60,62-73H2,1-3H3/b10-7-,19-16-,28-25-,29-26-,34-33-,37-36-,40-39-,44-42-,52-49-,61-58-. The second kappa shape index (κ2) is 70.3. The molecule has 0 saturated heterocycles. The summed E-state index contributed by atoms with van der Waals surface area (Å²) in [6.45, 7) is 6.51. The molecule has 0 aromatic carbocycles. The molecule has 0 saturated carbocycles. The number of hydrogen-bond donors (Lipinski definition) is 0. The minimum absolute atomic E-state index is 0.0954. The number of carbonyl (C=O) groups excluding carboxylic acids is 3. The van der Waals surface area contributed by atoms with E-state index in [4.69, 9.17) is 14.2 Å². The zero-order valence-electron chi connectivity index (χ0n) is 54.4. The first-order valence-corrected chi connectivity index (χ1v) is 35.0. The fourth-order valence-electron chi connectivity index (χ4n) is 9.74. The molecule has 0 amide bonds. The van der Waals surface area contributed by atoms with Crippen LogP contribution in [-0.2, 0) is 28.6 Å². The summed E-state index contributed by atoms with van der Waals surface area (Å²) in [5.74, 6) is -0.947. The van der Waals surface area contributed by atoms with Crippen LogP contribution in [0, 0.1) is 0 Å². The van der Waals surface area contributed by atoms with Crippen LogP contribution in [-0.4, -0.2) is 37.2 Å². The molecule has 0 bridgehead atoms. The van der Waals surface area contributed by atoms with Crippen LogP contribution in [0.25, 0.3) is 0 Å². The van der Waals surface area contributed by atoms with Crippen molar-refractivity contribution in [3.05, 3.63) is 122 Å². The lowest BCUT2D eigenvalue weighted by molar-refractivity contribution is -0.167. The van der Waals surface area contributed by atoms with Crippen LogP contribution < -0.4 is 0 Å². The molecule has 0 aliphatic carbocycles. The monoisotopic (exact) mass is 1150 g/mol. The van der Waals surface area contributed by atoms with Gasteiger partial charge in [-0.1, -0.05) is 322 Å². The van der Waals surface area contributed by atoms with Gasteiger partial charge in [-0.25, -0.2) is 0 Å². The second-order valence-corrected chi connectivity index (χ2v) is 23.1. The zero-order valence-corrected chi connectivity index (χ0v) is 54.4. The quantitative estimate of drug-likeness (QED) is 0.0261. The minimum Gasteiger partial charge on any atom is -0.462 e. The number of allylic oxidation sites excluding steroid dienone is 20. The molecule has 1 unspecified atom stereocenters. The fraction of sp³-hybridized carbons (Fsp3) is 0.701. The largest absolute Gasteiger partial charge is 0.462 e. The molecule has 474 valence electrons. The molecule has 6 nitrogen and oxygen atoms in total. The number of unbranched alkanes of at least 4 members (excludes halogenated alkanes) is 32. The van der Waals surface area contributed by atoms with Gasteiger partial charge in [-0.2, -0.15) is 0 Å². The van der Waals surface area contributed by atoms with E-state index >= 15 is 0 Å². The highest BCUT2D eigenvalue weighted by molar-refractivity contribution is 5.71. The summed E-state index contributed by atoms with van der Waals surface area (Å²) in [6, 6.07) is 0. The number of rotatable bonds is 63. The third kappa shape index (κ3) is 68.5. The van der Waals surface area contributed by atoms with Crippen LogP contribution in [0.4, 0.5) is 0 Å². The highest BCUT2D eigenvalue weighted by Gasteiger charge is 2.19. The maximum absolute atomic E-state index is 12.9. The molecule has 0 radical (unpaired) electrons. The van der Waals surface area contributed by atoms with Gasteiger partial charge in [0.25, 0.3) is 0 Å². The van der Waals surface area contributed by atoms with Gasteiger partial charge in [0.2, 0.25) is 0 Å². The van der Waals surface area contributed by atoms with Gasteiger partial charge in [0.05, 0.1) is 0 Å². The van der Waals surface area contributed by atoms with Crippen LogP contribution in [0.3, 0.4) is 0 Å². The molecule has 83 heavy (non-hydrogen) atoms. The summed E-state index contributed by atoms with van der Waals surface area (Å²) < 4.78 is 16.9. The Kier molecular flexibility index (Phi) is 66.7. The average molecular weight is 1150 g/mol. The van der Waals surface area contributed by atoms with E-state index in [9.17, 15) is 14.4 Å². The van der Waals surface area contributed by atoms with Gasteiger partial charge >= 0.3 is 17.9 Å². The smallest absolute Gasteiger partial charge is 0.306 e. The molecule has 0 aromatic heterocycles. The maximum atomic E-state index is 12.9. The Morgan fingerprint density at radius 1 is 0.253 bits per heavy atom. The Bertz CT molecular complexity index is 1700. The molecular formula is C77H130O6. The van der Waals surface area contributed by atoms with Crippen molar-refractivity contribution in [2.75, 3.05) is 13.2 Å². The molecular weight excluding hydrogens is 1020 g/mol. The second-order valence-electron chi connectivity index (χ2n) is 23.1. The van der Waals surface area contributed by atoms with Crippen molar-refractivity contribution in [3.8, 4) is 0 Å². The van der Waals surface area contributed by atoms with Crippen molar-refractivity contribution in [2.24, 2.45) is 0 Å². The van der Waals surface area contributed by atoms with Crippen LogP contribution in [0.2, 0.25) is 0 Å². The molecule has 0 N–H and O–H groups in total. The summed E-state index contributed by atoms with van der Waals surface area (Å²) in [4.78, 5) is 38.4. The lowest BCUT2D eigenvalue weighted by atomic mass is 10.0. The summed E-state index contributed by atoms with van der Waals surface area (Å²) in [7, 11) is 0. The van der Waals surface area contributed by atoms with Crippen molar-refractivity contribution < 1.29 is 28.6 Å². The van der Waals surface area contributed by atoms with Crippen LogP contribution >= 0.6 is 0 Å². The zero-order chi connectivity index (χ0) is 59.9. The Morgan fingerprint density at radius 3 is 0.795 bits per heavy atom. The molecule has 0 fully saturated rings. The first-order chi connectivity index (χ1) is 41.0. The van der Waals surface area contributed by atoms with Crippen LogP contribution in [0.1, 0.15) is 329 Å². The Balaban J connectivity index is 4.46. The van der Waals surface area contributed by atoms with E-state index in [-0.39, 0.29) is 37.5 Å². The van der Waals surface area contributed by atoms with Gasteiger partial charge in [-0.05, 0) is 109 Å². The topological polar surface area (TPSA) is 78.9 Å². The third-order valence-electron chi connectivity index (χ3n) is 15.0. The molecule has 6 heteroatoms. The molecule has 0 rings (SSSR count). The van der Waals surface area contributed by atoms with E-state index in [1.807, 2.05) is 0 Å². The van der Waals surface area contributed by atoms with Gasteiger partial charge in [0.15, 0.2) is 6.10 Å². The lowest BCUT2D eigenvalue weighted by Gasteiger charge is -2.18. The molecule has 0 aromatic rings. The lowest BCUT2D eigenvalue weighted by Crippen LogP contribution is -2.30. The first kappa shape index (κ1) is 78.8. The van der Waals surface area contributed by atoms with E-state index in [1.165, 1.54) is 180 Å². The highest BCUT2D eigenvalue weighted by Crippen LogP contribution is 2.17. The van der Waals surface area contributed by atoms with E-state index in [2.05, 4.69) is 142 Å². The van der Waals surface area contributed by atoms with Gasteiger partial charge in [-0.3, -0.25) is 14.4 Å². The average Bonchev–Trinajstić information content (AvgIpc) is 3.49. The third-order valence-corrected chi connectivity index (χ3v) is 15.0. The Morgan fingerprint density at radius 2 is 0.482 bits per heavy atom. The Labute approximate surface area is 513 Å². The van der Waals surface area contributed by atoms with Crippen molar-refractivity contribution in [2.45, 2.75) is 335 Å². The number of hydrogen-bond acceptors (Lipinski definition) is 6. The van der Waals surface area contributed by atoms with Crippen LogP contribution in [0.15, 0.2) is 122 Å². The highest BCUT2D eigenvalue weighted by atomic mass is 16.6. The van der Waals surface area contributed by atoms with E-state index in [0.717, 1.165) is 103 Å². The number of esters is 3. The van der Waals surface area contributed by atoms with Crippen molar-refractivity contribution >= 4 is 17.9 Å². The summed E-state index contributed by atoms with van der Waals surface area (Å²) >= 11 is 0. The Hall–Kier alpha value is -4.19.